The van der Waals surface area contributed by atoms with Gasteiger partial charge in [-0.3, -0.25) is 9.59 Å². The predicted molar refractivity (Wildman–Crippen MR) is 172 cm³/mol. The molecule has 1 aromatic heterocycles. The molecule has 43 heavy (non-hydrogen) atoms. The minimum absolute atomic E-state index is 0. The van der Waals surface area contributed by atoms with E-state index in [-0.39, 0.29) is 19.0 Å². The van der Waals surface area contributed by atoms with Crippen molar-refractivity contribution in [3.63, 3.8) is 0 Å². The van der Waals surface area contributed by atoms with E-state index in [1.54, 1.807) is 30.0 Å². The highest BCUT2D eigenvalue weighted by Crippen LogP contribution is 2.33. The third kappa shape index (κ3) is 7.31. The molecule has 1 N–H and O–H groups in total. The molecule has 4 rings (SSSR count). The van der Waals surface area contributed by atoms with Crippen LogP contribution in [-0.4, -0.2) is 34.6 Å². The fourth-order valence-electron chi connectivity index (χ4n) is 4.85. The lowest BCUT2D eigenvalue weighted by molar-refractivity contribution is -0.153. The molecule has 0 aliphatic carbocycles. The molecule has 0 unspecified atom stereocenters. The number of carbonyl (C=O) groups is 2. The lowest BCUT2D eigenvalue weighted by Crippen LogP contribution is -2.56. The molecule has 0 fully saturated rings. The fraction of sp³-hybridized carbons (Fsp3) is 0.294. The Bertz CT molecular complexity index is 1590. The molecule has 0 saturated heterocycles. The third-order valence-corrected chi connectivity index (χ3v) is 7.64. The Balaban J connectivity index is 0.00000506. The highest BCUT2D eigenvalue weighted by Gasteiger charge is 2.50. The van der Waals surface area contributed by atoms with E-state index in [1.807, 2.05) is 54.6 Å². The van der Waals surface area contributed by atoms with Gasteiger partial charge in [-0.2, -0.15) is 5.26 Å². The smallest absolute Gasteiger partial charge is 0.327 e. The summed E-state index contributed by atoms with van der Waals surface area (Å²) in [4.78, 5) is 33.0. The van der Waals surface area contributed by atoms with Crippen LogP contribution in [0.3, 0.4) is 0 Å². The minimum Gasteiger partial charge on any atom is -0.460 e. The SMILES string of the molecule is C=CCOC(=O)[C@](C)(C(=O)N(NCC[C@@H](C)CC)c1cccc2ccccc12)c1cncn1Cc1ccc(C#N)cc1.Cl. The number of aromatic nitrogens is 2. The summed E-state index contributed by atoms with van der Waals surface area (Å²) in [6, 6.07) is 22.9. The summed E-state index contributed by atoms with van der Waals surface area (Å²) >= 11 is 0. The summed E-state index contributed by atoms with van der Waals surface area (Å²) in [5.41, 5.74) is 4.06. The molecule has 0 saturated carbocycles. The summed E-state index contributed by atoms with van der Waals surface area (Å²) in [5, 5.41) is 12.5. The number of fused-ring (bicyclic) bond motifs is 1. The summed E-state index contributed by atoms with van der Waals surface area (Å²) < 4.78 is 7.33. The third-order valence-electron chi connectivity index (χ3n) is 7.64. The van der Waals surface area contributed by atoms with Crippen molar-refractivity contribution in [3.8, 4) is 6.07 Å². The van der Waals surface area contributed by atoms with Crippen LogP contribution in [0.15, 0.2) is 91.9 Å². The van der Waals surface area contributed by atoms with Crippen LogP contribution in [0.1, 0.15) is 50.4 Å². The van der Waals surface area contributed by atoms with Gasteiger partial charge < -0.3 is 9.30 Å². The Morgan fingerprint density at radius 2 is 1.88 bits per heavy atom. The number of anilines is 1. The second-order valence-corrected chi connectivity index (χ2v) is 10.6. The largest absolute Gasteiger partial charge is 0.460 e. The Morgan fingerprint density at radius 3 is 2.58 bits per heavy atom. The number of hydrazine groups is 1. The molecule has 224 valence electrons. The molecule has 0 radical (unpaired) electrons. The molecule has 0 spiro atoms. The minimum atomic E-state index is -1.76. The number of imidazole rings is 1. The van der Waals surface area contributed by atoms with E-state index in [9.17, 15) is 14.9 Å². The fourth-order valence-corrected chi connectivity index (χ4v) is 4.85. The zero-order chi connectivity index (χ0) is 30.1. The lowest BCUT2D eigenvalue weighted by atomic mass is 9.85. The molecular weight excluding hydrogens is 562 g/mol. The summed E-state index contributed by atoms with van der Waals surface area (Å²) in [7, 11) is 0. The van der Waals surface area contributed by atoms with Crippen molar-refractivity contribution in [1.29, 1.82) is 5.26 Å². The first-order valence-electron chi connectivity index (χ1n) is 14.2. The molecule has 2 atom stereocenters. The van der Waals surface area contributed by atoms with E-state index in [1.165, 1.54) is 17.3 Å². The number of nitriles is 1. The van der Waals surface area contributed by atoms with E-state index < -0.39 is 17.3 Å². The molecule has 0 aliphatic rings. The number of hydrogen-bond acceptors (Lipinski definition) is 6. The highest BCUT2D eigenvalue weighted by molar-refractivity contribution is 6.16. The van der Waals surface area contributed by atoms with Crippen LogP contribution in [0.2, 0.25) is 0 Å². The van der Waals surface area contributed by atoms with Gasteiger partial charge >= 0.3 is 5.97 Å². The van der Waals surface area contributed by atoms with E-state index in [0.717, 1.165) is 29.2 Å². The maximum absolute atomic E-state index is 14.8. The predicted octanol–water partition coefficient (Wildman–Crippen LogP) is 6.34. The Kier molecular flexibility index (Phi) is 11.6. The monoisotopic (exact) mass is 599 g/mol. The molecule has 0 bridgehead atoms. The number of rotatable bonds is 13. The average molecular weight is 600 g/mol. The molecule has 9 heteroatoms. The van der Waals surface area contributed by atoms with Gasteiger partial charge in [0.2, 0.25) is 0 Å². The first-order valence-corrected chi connectivity index (χ1v) is 14.2. The van der Waals surface area contributed by atoms with Crippen LogP contribution < -0.4 is 10.4 Å². The Hall–Kier alpha value is -4.45. The number of nitrogens with zero attached hydrogens (tertiary/aromatic N) is 4. The zero-order valence-electron chi connectivity index (χ0n) is 24.8. The van der Waals surface area contributed by atoms with Crippen molar-refractivity contribution in [1.82, 2.24) is 15.0 Å². The number of halogens is 1. The van der Waals surface area contributed by atoms with E-state index in [2.05, 4.69) is 36.9 Å². The molecule has 4 aromatic rings. The molecule has 1 amide bonds. The quantitative estimate of drug-likeness (QED) is 0.0833. The Labute approximate surface area is 259 Å². The molecule has 8 nitrogen and oxygen atoms in total. The summed E-state index contributed by atoms with van der Waals surface area (Å²) in [6.07, 6.45) is 6.47. The number of amides is 1. The summed E-state index contributed by atoms with van der Waals surface area (Å²) in [6.45, 7) is 10.4. The molecule has 3 aromatic carbocycles. The number of carbonyl (C=O) groups excluding carboxylic acids is 2. The van der Waals surface area contributed by atoms with Crippen molar-refractivity contribution in [3.05, 3.63) is 109 Å². The Morgan fingerprint density at radius 1 is 1.16 bits per heavy atom. The van der Waals surface area contributed by atoms with Gasteiger partial charge in [0.1, 0.15) is 6.61 Å². The zero-order valence-corrected chi connectivity index (χ0v) is 25.6. The van der Waals surface area contributed by atoms with Gasteiger partial charge in [0.15, 0.2) is 5.41 Å². The topological polar surface area (TPSA) is 100 Å². The van der Waals surface area contributed by atoms with E-state index >= 15 is 0 Å². The van der Waals surface area contributed by atoms with Crippen LogP contribution in [0.25, 0.3) is 10.8 Å². The van der Waals surface area contributed by atoms with Gasteiger partial charge in [0, 0.05) is 24.7 Å². The number of nitrogens with one attached hydrogen (secondary N) is 1. The second kappa shape index (κ2) is 15.1. The second-order valence-electron chi connectivity index (χ2n) is 10.6. The number of benzene rings is 3. The van der Waals surface area contributed by atoms with E-state index in [0.29, 0.717) is 36.0 Å². The molecule has 1 heterocycles. The van der Waals surface area contributed by atoms with Crippen LogP contribution in [-0.2, 0) is 26.3 Å². The number of esters is 1. The van der Waals surface area contributed by atoms with Crippen LogP contribution in [0.5, 0.6) is 0 Å². The number of hydrogen-bond donors (Lipinski definition) is 1. The molecular formula is C34H38ClN5O3. The van der Waals surface area contributed by atoms with Crippen molar-refractivity contribution in [2.75, 3.05) is 18.2 Å². The number of ether oxygens (including phenoxy) is 1. The first kappa shape index (κ1) is 33.1. The standard InChI is InChI=1S/C34H37N5O3.ClH/c1-5-20-42-33(41)34(4,31-22-36-24-38(31)23-27-16-14-26(21-35)15-17-27)32(40)39(37-19-18-25(3)6-2)30-13-9-11-28-10-7-8-12-29(28)30;/h5,7-17,22,24-25,37H,1,6,18-20,23H2,2-4H3;1H/t25-,34-;/m0./s1. The van der Waals surface area contributed by atoms with Gasteiger partial charge in [-0.1, -0.05) is 81.5 Å². The lowest BCUT2D eigenvalue weighted by Gasteiger charge is -2.34. The van der Waals surface area contributed by atoms with Gasteiger partial charge in [-0.25, -0.2) is 15.4 Å². The van der Waals surface area contributed by atoms with Crippen molar-refractivity contribution < 1.29 is 14.3 Å². The van der Waals surface area contributed by atoms with Crippen molar-refractivity contribution in [2.45, 2.75) is 45.6 Å². The summed E-state index contributed by atoms with van der Waals surface area (Å²) in [5.74, 6) is -0.735. The van der Waals surface area contributed by atoms with Gasteiger partial charge in [0.05, 0.1) is 29.3 Å². The van der Waals surface area contributed by atoms with Crippen LogP contribution in [0, 0.1) is 17.2 Å². The normalized spacial score (nSPS) is 12.8. The van der Waals surface area contributed by atoms with Crippen LogP contribution >= 0.6 is 12.4 Å². The molecule has 0 aliphatic heterocycles. The van der Waals surface area contributed by atoms with E-state index in [4.69, 9.17) is 4.74 Å². The maximum atomic E-state index is 14.8. The van der Waals surface area contributed by atoms with Crippen LogP contribution in [0.4, 0.5) is 5.69 Å². The van der Waals surface area contributed by atoms with Gasteiger partial charge in [-0.05, 0) is 48.4 Å². The van der Waals surface area contributed by atoms with Crippen molar-refractivity contribution >= 4 is 40.7 Å². The maximum Gasteiger partial charge on any atom is 0.327 e. The van der Waals surface area contributed by atoms with Crippen molar-refractivity contribution in [2.24, 2.45) is 5.92 Å². The van der Waals surface area contributed by atoms with Gasteiger partial charge in [0.25, 0.3) is 5.91 Å². The van der Waals surface area contributed by atoms with Gasteiger partial charge in [-0.15, -0.1) is 12.4 Å². The average Bonchev–Trinajstić information content (AvgIpc) is 3.49. The highest BCUT2D eigenvalue weighted by atomic mass is 35.5. The first-order chi connectivity index (χ1) is 20.3.